The molecule has 0 saturated heterocycles. The quantitative estimate of drug-likeness (QED) is 0.755. The molecule has 0 heterocycles. The molecule has 17 heavy (non-hydrogen) atoms. The van der Waals surface area contributed by atoms with Crippen molar-refractivity contribution in [1.29, 1.82) is 0 Å². The highest BCUT2D eigenvalue weighted by Gasteiger charge is 2.35. The van der Waals surface area contributed by atoms with E-state index in [0.717, 1.165) is 12.8 Å². The van der Waals surface area contributed by atoms with Gasteiger partial charge in [0.15, 0.2) is 0 Å². The first-order valence-corrected chi connectivity index (χ1v) is 7.55. The zero-order valence-corrected chi connectivity index (χ0v) is 12.2. The molecule has 2 atom stereocenters. The molecule has 0 radical (unpaired) electrons. The summed E-state index contributed by atoms with van der Waals surface area (Å²) in [6, 6.07) is 0. The van der Waals surface area contributed by atoms with E-state index in [1.165, 1.54) is 0 Å². The zero-order chi connectivity index (χ0) is 13.0. The molecule has 2 nitrogen and oxygen atoms in total. The molecule has 1 fully saturated rings. The summed E-state index contributed by atoms with van der Waals surface area (Å²) in [4.78, 5) is 23.9. The molecule has 0 bridgehead atoms. The van der Waals surface area contributed by atoms with Crippen LogP contribution in [0.1, 0.15) is 53.4 Å². The molecule has 0 aromatic rings. The maximum Gasteiger partial charge on any atom is 0.149 e. The van der Waals surface area contributed by atoms with E-state index >= 15 is 0 Å². The van der Waals surface area contributed by atoms with Crippen molar-refractivity contribution in [3.05, 3.63) is 0 Å². The van der Waals surface area contributed by atoms with Gasteiger partial charge < -0.3 is 0 Å². The maximum atomic E-state index is 12.2. The van der Waals surface area contributed by atoms with Crippen LogP contribution in [0.25, 0.3) is 0 Å². The van der Waals surface area contributed by atoms with Gasteiger partial charge in [-0.1, -0.05) is 34.1 Å². The number of ketones is 2. The van der Waals surface area contributed by atoms with Gasteiger partial charge in [-0.2, -0.15) is 0 Å². The highest BCUT2D eigenvalue weighted by Crippen LogP contribution is 2.32. The zero-order valence-electron chi connectivity index (χ0n) is 11.4. The van der Waals surface area contributed by atoms with E-state index in [4.69, 9.17) is 0 Å². The van der Waals surface area contributed by atoms with Crippen LogP contribution in [0.4, 0.5) is 0 Å². The smallest absolute Gasteiger partial charge is 0.149 e. The summed E-state index contributed by atoms with van der Waals surface area (Å²) in [5.74, 6) is 1.20. The Bertz CT molecular complexity index is 284. The van der Waals surface area contributed by atoms with Gasteiger partial charge in [0, 0.05) is 18.8 Å². The Morgan fingerprint density at radius 3 is 2.35 bits per heavy atom. The Labute approximate surface area is 109 Å². The molecule has 0 amide bonds. The molecule has 98 valence electrons. The van der Waals surface area contributed by atoms with Crippen LogP contribution in [0.15, 0.2) is 0 Å². The molecule has 1 aliphatic rings. The second-order valence-corrected chi connectivity index (χ2v) is 7.47. The van der Waals surface area contributed by atoms with Gasteiger partial charge in [-0.05, 0) is 17.6 Å². The van der Waals surface area contributed by atoms with Crippen molar-refractivity contribution in [2.75, 3.05) is 0 Å². The van der Waals surface area contributed by atoms with E-state index in [9.17, 15) is 9.59 Å². The molecule has 0 aliphatic heterocycles. The number of carbonyl (C=O) groups is 2. The summed E-state index contributed by atoms with van der Waals surface area (Å²) in [5.41, 5.74) is 0. The fourth-order valence-corrected chi connectivity index (χ4v) is 3.52. The molecule has 2 unspecified atom stereocenters. The summed E-state index contributed by atoms with van der Waals surface area (Å²) in [5, 5.41) is 0.342. The second kappa shape index (κ2) is 6.58. The molecule has 0 aromatic heterocycles. The Kier molecular flexibility index (Phi) is 5.71. The van der Waals surface area contributed by atoms with Gasteiger partial charge in [0.2, 0.25) is 0 Å². The summed E-state index contributed by atoms with van der Waals surface area (Å²) in [6.45, 7) is 8.49. The Morgan fingerprint density at radius 1 is 1.18 bits per heavy atom. The van der Waals surface area contributed by atoms with E-state index in [1.54, 1.807) is 11.8 Å². The average molecular weight is 256 g/mol. The van der Waals surface area contributed by atoms with Crippen molar-refractivity contribution in [2.24, 2.45) is 11.8 Å². The number of rotatable bonds is 5. The average Bonchev–Trinajstić information content (AvgIpc) is 2.19. The number of hydrogen-bond donors (Lipinski definition) is 0. The third-order valence-electron chi connectivity index (χ3n) is 3.14. The van der Waals surface area contributed by atoms with Gasteiger partial charge in [0.05, 0.1) is 5.25 Å². The van der Waals surface area contributed by atoms with Gasteiger partial charge >= 0.3 is 0 Å². The van der Waals surface area contributed by atoms with Crippen LogP contribution in [-0.2, 0) is 9.59 Å². The van der Waals surface area contributed by atoms with Crippen molar-refractivity contribution in [3.63, 3.8) is 0 Å². The standard InChI is InChI=1S/C14H24O2S/c1-9(2)5-6-11-7-12(15)8-13(14(11)16)17-10(3)4/h9-11,13H,5-8H2,1-4H3. The Balaban J connectivity index is 2.58. The van der Waals surface area contributed by atoms with Crippen LogP contribution in [-0.4, -0.2) is 22.1 Å². The van der Waals surface area contributed by atoms with Gasteiger partial charge in [0.1, 0.15) is 11.6 Å². The van der Waals surface area contributed by atoms with Gasteiger partial charge in [0.25, 0.3) is 0 Å². The van der Waals surface area contributed by atoms with Crippen molar-refractivity contribution < 1.29 is 9.59 Å². The summed E-state index contributed by atoms with van der Waals surface area (Å²) in [7, 11) is 0. The van der Waals surface area contributed by atoms with Gasteiger partial charge in [-0.15, -0.1) is 11.8 Å². The molecular formula is C14H24O2S. The number of Topliss-reactive ketones (excluding diaryl/α,β-unsaturated/α-hetero) is 2. The third kappa shape index (κ3) is 4.82. The van der Waals surface area contributed by atoms with E-state index in [0.29, 0.717) is 29.8 Å². The third-order valence-corrected chi connectivity index (χ3v) is 4.41. The Hall–Kier alpha value is -0.310. The lowest BCUT2D eigenvalue weighted by Crippen LogP contribution is -2.36. The highest BCUT2D eigenvalue weighted by atomic mass is 32.2. The largest absolute Gasteiger partial charge is 0.300 e. The predicted octanol–water partition coefficient (Wildman–Crippen LogP) is 3.48. The minimum atomic E-state index is -0.0755. The normalized spacial score (nSPS) is 26.0. The van der Waals surface area contributed by atoms with Crippen LogP contribution in [0.5, 0.6) is 0 Å². The van der Waals surface area contributed by atoms with Crippen LogP contribution in [0, 0.1) is 11.8 Å². The molecule has 0 N–H and O–H groups in total. The molecule has 1 saturated carbocycles. The molecule has 0 spiro atoms. The SMILES string of the molecule is CC(C)CCC1CC(=O)CC(SC(C)C)C1=O. The van der Waals surface area contributed by atoms with Crippen LogP contribution < -0.4 is 0 Å². The summed E-state index contributed by atoms with van der Waals surface area (Å²) < 4.78 is 0. The van der Waals surface area contributed by atoms with Gasteiger partial charge in [-0.25, -0.2) is 0 Å². The lowest BCUT2D eigenvalue weighted by atomic mass is 9.82. The van der Waals surface area contributed by atoms with Crippen molar-refractivity contribution >= 4 is 23.3 Å². The molecular weight excluding hydrogens is 232 g/mol. The minimum Gasteiger partial charge on any atom is -0.300 e. The van der Waals surface area contributed by atoms with Gasteiger partial charge in [-0.3, -0.25) is 9.59 Å². The number of carbonyl (C=O) groups excluding carboxylic acids is 2. The first kappa shape index (κ1) is 14.7. The van der Waals surface area contributed by atoms with Crippen molar-refractivity contribution in [3.8, 4) is 0 Å². The predicted molar refractivity (Wildman–Crippen MR) is 73.3 cm³/mol. The number of hydrogen-bond acceptors (Lipinski definition) is 3. The number of thioether (sulfide) groups is 1. The molecule has 0 aromatic carbocycles. The first-order chi connectivity index (χ1) is 7.90. The van der Waals surface area contributed by atoms with Crippen molar-refractivity contribution in [2.45, 2.75) is 63.9 Å². The highest BCUT2D eigenvalue weighted by molar-refractivity contribution is 8.01. The Morgan fingerprint density at radius 2 is 1.82 bits per heavy atom. The van der Waals surface area contributed by atoms with E-state index in [-0.39, 0.29) is 17.0 Å². The van der Waals surface area contributed by atoms with E-state index in [2.05, 4.69) is 27.7 Å². The van der Waals surface area contributed by atoms with Crippen LogP contribution in [0.2, 0.25) is 0 Å². The topological polar surface area (TPSA) is 34.1 Å². The van der Waals surface area contributed by atoms with E-state index < -0.39 is 0 Å². The summed E-state index contributed by atoms with van der Waals surface area (Å²) >= 11 is 1.65. The second-order valence-electron chi connectivity index (χ2n) is 5.69. The molecule has 1 aliphatic carbocycles. The lowest BCUT2D eigenvalue weighted by Gasteiger charge is -2.28. The van der Waals surface area contributed by atoms with Crippen molar-refractivity contribution in [1.82, 2.24) is 0 Å². The lowest BCUT2D eigenvalue weighted by molar-refractivity contribution is -0.132. The summed E-state index contributed by atoms with van der Waals surface area (Å²) in [6.07, 6.45) is 2.88. The maximum absolute atomic E-state index is 12.2. The fourth-order valence-electron chi connectivity index (χ4n) is 2.25. The fraction of sp³-hybridized carbons (Fsp3) is 0.857. The first-order valence-electron chi connectivity index (χ1n) is 6.61. The molecule has 3 heteroatoms. The van der Waals surface area contributed by atoms with Crippen LogP contribution in [0.3, 0.4) is 0 Å². The molecule has 1 rings (SSSR count). The van der Waals surface area contributed by atoms with E-state index in [1.807, 2.05) is 0 Å². The monoisotopic (exact) mass is 256 g/mol. The minimum absolute atomic E-state index is 0.00472. The van der Waals surface area contributed by atoms with Crippen LogP contribution >= 0.6 is 11.8 Å².